The van der Waals surface area contributed by atoms with E-state index in [2.05, 4.69) is 38.3 Å². The molecule has 286 valence electrons. The van der Waals surface area contributed by atoms with Crippen LogP contribution in [0.15, 0.2) is 54.6 Å². The van der Waals surface area contributed by atoms with E-state index in [0.29, 0.717) is 56.7 Å². The third-order valence-corrected chi connectivity index (χ3v) is 15.8. The number of phenols is 2. The van der Waals surface area contributed by atoms with Crippen LogP contribution in [0.5, 0.6) is 23.0 Å². The second-order valence-electron chi connectivity index (χ2n) is 18.3. The molecule has 1 spiro atoms. The average Bonchev–Trinajstić information content (AvgIpc) is 3.65. The molecule has 2 aliphatic heterocycles. The zero-order valence-electron chi connectivity index (χ0n) is 32.3. The predicted octanol–water partition coefficient (Wildman–Crippen LogP) is 9.66. The molecule has 9 atom stereocenters. The van der Waals surface area contributed by atoms with Crippen LogP contribution in [0, 0.1) is 46.3 Å². The van der Waals surface area contributed by atoms with Crippen LogP contribution < -0.4 is 15.4 Å². The SMILES string of the molecule is CCC[C@@H](C)[C@H]1CCC2C3CCC4CC(NCC(=O)Nc5cccc6c5C(=O)OC65c6ccc(O)cc6Oc6cc(O)ccc65)CC[C@]4(C)C3CC[C@@]21C. The molecular formula is C46H56N2O6. The number of hydrogen-bond acceptors (Lipinski definition) is 7. The van der Waals surface area contributed by atoms with Crippen LogP contribution >= 0.6 is 0 Å². The van der Waals surface area contributed by atoms with Gasteiger partial charge in [0.2, 0.25) is 5.91 Å². The molecule has 8 nitrogen and oxygen atoms in total. The standard InChI is InChI=1S/C46H56N2O6/c1-5-7-26(2)32-16-17-33-31-13-10-27-22-28(18-20-44(27,3)34(31)19-21-45(32,33)4)47-25-41(51)48-38-9-6-8-37-42(38)43(52)54-46(37)35-14-11-29(49)23-39(35)53-40-24-30(50)12-15-36(40)46/h6,8-9,11-12,14-15,23-24,26-28,31-34,47,49-50H,5,7,10,13,16-22,25H2,1-4H3,(H,48,51)/t26-,27?,28?,31?,32-,33?,34?,44+,45-/m1/s1. The molecular weight excluding hydrogens is 677 g/mol. The minimum Gasteiger partial charge on any atom is -0.508 e. The molecule has 4 fully saturated rings. The van der Waals surface area contributed by atoms with Crippen LogP contribution in [-0.4, -0.2) is 34.7 Å². The number of carbonyl (C=O) groups is 2. The molecule has 3 aromatic rings. The molecule has 4 aliphatic carbocycles. The topological polar surface area (TPSA) is 117 Å². The number of carbonyl (C=O) groups excluding carboxylic acids is 2. The Morgan fingerprint density at radius 3 is 2.30 bits per heavy atom. The van der Waals surface area contributed by atoms with E-state index in [4.69, 9.17) is 9.47 Å². The molecule has 1 amide bonds. The van der Waals surface area contributed by atoms with Crippen molar-refractivity contribution in [3.05, 3.63) is 76.9 Å². The van der Waals surface area contributed by atoms with Crippen LogP contribution in [0.25, 0.3) is 0 Å². The average molecular weight is 733 g/mol. The molecule has 5 unspecified atom stereocenters. The summed E-state index contributed by atoms with van der Waals surface area (Å²) < 4.78 is 12.3. The summed E-state index contributed by atoms with van der Waals surface area (Å²) in [5.74, 6) is 4.88. The first-order chi connectivity index (χ1) is 26.0. The highest BCUT2D eigenvalue weighted by Crippen LogP contribution is 2.68. The van der Waals surface area contributed by atoms with Gasteiger partial charge in [-0.25, -0.2) is 4.79 Å². The van der Waals surface area contributed by atoms with Gasteiger partial charge in [0.1, 0.15) is 23.0 Å². The fourth-order valence-electron chi connectivity index (χ4n) is 13.4. The number of ether oxygens (including phenoxy) is 2. The second-order valence-corrected chi connectivity index (χ2v) is 18.3. The summed E-state index contributed by atoms with van der Waals surface area (Å²) in [5, 5.41) is 27.2. The summed E-state index contributed by atoms with van der Waals surface area (Å²) in [7, 11) is 0. The Labute approximate surface area is 319 Å². The van der Waals surface area contributed by atoms with Crippen LogP contribution in [0.4, 0.5) is 5.69 Å². The highest BCUT2D eigenvalue weighted by molar-refractivity contribution is 6.06. The van der Waals surface area contributed by atoms with E-state index in [1.165, 1.54) is 82.1 Å². The number of aromatic hydroxyl groups is 2. The van der Waals surface area contributed by atoms with Gasteiger partial charge in [-0.05, 0) is 134 Å². The third kappa shape index (κ3) is 5.32. The summed E-state index contributed by atoms with van der Waals surface area (Å²) in [5.41, 5.74) is 1.86. The minimum absolute atomic E-state index is 0.00278. The van der Waals surface area contributed by atoms with Crippen LogP contribution in [0.1, 0.15) is 125 Å². The van der Waals surface area contributed by atoms with Gasteiger partial charge < -0.3 is 30.3 Å². The van der Waals surface area contributed by atoms with Gasteiger partial charge in [0.05, 0.1) is 17.8 Å². The van der Waals surface area contributed by atoms with Crippen molar-refractivity contribution in [2.75, 3.05) is 11.9 Å². The first-order valence-corrected chi connectivity index (χ1v) is 20.7. The maximum Gasteiger partial charge on any atom is 0.342 e. The van der Waals surface area contributed by atoms with Gasteiger partial charge in [-0.2, -0.15) is 0 Å². The van der Waals surface area contributed by atoms with Crippen molar-refractivity contribution in [3.63, 3.8) is 0 Å². The Hall–Kier alpha value is -4.04. The highest BCUT2D eigenvalue weighted by Gasteiger charge is 2.61. The van der Waals surface area contributed by atoms with Gasteiger partial charge >= 0.3 is 5.97 Å². The smallest absolute Gasteiger partial charge is 0.342 e. The van der Waals surface area contributed by atoms with Crippen LogP contribution in [0.3, 0.4) is 0 Å². The molecule has 0 radical (unpaired) electrons. The Bertz CT molecular complexity index is 1940. The van der Waals surface area contributed by atoms with Crippen molar-refractivity contribution in [2.24, 2.45) is 46.3 Å². The van der Waals surface area contributed by atoms with E-state index in [1.54, 1.807) is 18.2 Å². The van der Waals surface area contributed by atoms with E-state index in [9.17, 15) is 19.8 Å². The molecule has 2 heterocycles. The quantitative estimate of drug-likeness (QED) is 0.179. The van der Waals surface area contributed by atoms with Gasteiger partial charge in [0.15, 0.2) is 5.60 Å². The molecule has 4 saturated carbocycles. The molecule has 9 rings (SSSR count). The zero-order valence-corrected chi connectivity index (χ0v) is 32.3. The lowest BCUT2D eigenvalue weighted by atomic mass is 9.44. The summed E-state index contributed by atoms with van der Waals surface area (Å²) >= 11 is 0. The summed E-state index contributed by atoms with van der Waals surface area (Å²) in [6, 6.07) is 15.0. The number of amides is 1. The van der Waals surface area contributed by atoms with Crippen molar-refractivity contribution in [3.8, 4) is 23.0 Å². The first kappa shape index (κ1) is 35.6. The number of phenolic OH excluding ortho intramolecular Hbond substituents is 2. The van der Waals surface area contributed by atoms with Crippen molar-refractivity contribution < 1.29 is 29.3 Å². The van der Waals surface area contributed by atoms with Gasteiger partial charge in [-0.3, -0.25) is 4.79 Å². The number of fused-ring (bicyclic) bond motifs is 11. The summed E-state index contributed by atoms with van der Waals surface area (Å²) in [4.78, 5) is 27.4. The lowest BCUT2D eigenvalue weighted by molar-refractivity contribution is -0.120. The molecule has 0 aromatic heterocycles. The van der Waals surface area contributed by atoms with Crippen LogP contribution in [-0.2, 0) is 15.1 Å². The van der Waals surface area contributed by atoms with E-state index in [1.807, 2.05) is 12.1 Å². The minimum atomic E-state index is -1.38. The maximum atomic E-state index is 13.8. The molecule has 6 aliphatic rings. The number of rotatable bonds is 7. The zero-order chi connectivity index (χ0) is 37.6. The van der Waals surface area contributed by atoms with Crippen molar-refractivity contribution in [2.45, 2.75) is 110 Å². The maximum absolute atomic E-state index is 13.8. The van der Waals surface area contributed by atoms with Crippen molar-refractivity contribution >= 4 is 17.6 Å². The largest absolute Gasteiger partial charge is 0.508 e. The van der Waals surface area contributed by atoms with Gasteiger partial charge in [0, 0.05) is 34.9 Å². The second kappa shape index (κ2) is 13.0. The molecule has 54 heavy (non-hydrogen) atoms. The Morgan fingerprint density at radius 1 is 0.870 bits per heavy atom. The van der Waals surface area contributed by atoms with E-state index in [-0.39, 0.29) is 29.5 Å². The monoisotopic (exact) mass is 732 g/mol. The van der Waals surface area contributed by atoms with Crippen LogP contribution in [0.2, 0.25) is 0 Å². The third-order valence-electron chi connectivity index (χ3n) is 15.8. The molecule has 8 heteroatoms. The lowest BCUT2D eigenvalue weighted by Gasteiger charge is -2.61. The Kier molecular flexibility index (Phi) is 8.60. The molecule has 0 saturated heterocycles. The van der Waals surface area contributed by atoms with Crippen molar-refractivity contribution in [1.82, 2.24) is 5.32 Å². The Balaban J connectivity index is 0.882. The lowest BCUT2D eigenvalue weighted by Crippen LogP contribution is -2.55. The first-order valence-electron chi connectivity index (χ1n) is 20.7. The predicted molar refractivity (Wildman–Crippen MR) is 208 cm³/mol. The van der Waals surface area contributed by atoms with Gasteiger partial charge in [-0.1, -0.05) is 52.7 Å². The summed E-state index contributed by atoms with van der Waals surface area (Å²) in [6.45, 7) is 10.3. The van der Waals surface area contributed by atoms with E-state index in [0.717, 1.165) is 42.4 Å². The summed E-state index contributed by atoms with van der Waals surface area (Å²) in [6.07, 6.45) is 14.4. The normalized spacial score (nSPS) is 33.2. The fraction of sp³-hybridized carbons (Fsp3) is 0.565. The highest BCUT2D eigenvalue weighted by atomic mass is 16.6. The molecule has 0 bridgehead atoms. The van der Waals surface area contributed by atoms with E-state index < -0.39 is 11.6 Å². The number of nitrogens with one attached hydrogen (secondary N) is 2. The van der Waals surface area contributed by atoms with Crippen molar-refractivity contribution in [1.29, 1.82) is 0 Å². The van der Waals surface area contributed by atoms with Gasteiger partial charge in [0.25, 0.3) is 0 Å². The van der Waals surface area contributed by atoms with E-state index >= 15 is 0 Å². The molecule has 3 aromatic carbocycles. The van der Waals surface area contributed by atoms with Gasteiger partial charge in [-0.15, -0.1) is 0 Å². The Morgan fingerprint density at radius 2 is 1.57 bits per heavy atom. The molecule has 4 N–H and O–H groups in total. The number of hydrogen-bond donors (Lipinski definition) is 4. The number of anilines is 1. The number of benzene rings is 3. The fourth-order valence-corrected chi connectivity index (χ4v) is 13.4. The number of esters is 1.